The van der Waals surface area contributed by atoms with Crippen molar-refractivity contribution in [1.82, 2.24) is 19.8 Å². The molecule has 40 heavy (non-hydrogen) atoms. The summed E-state index contributed by atoms with van der Waals surface area (Å²) in [5.74, 6) is -2.06. The predicted molar refractivity (Wildman–Crippen MR) is 147 cm³/mol. The summed E-state index contributed by atoms with van der Waals surface area (Å²) in [6, 6.07) is 7.42. The van der Waals surface area contributed by atoms with Crippen LogP contribution in [0.3, 0.4) is 0 Å². The van der Waals surface area contributed by atoms with Crippen molar-refractivity contribution in [2.75, 3.05) is 32.8 Å². The molecule has 2 fully saturated rings. The smallest absolute Gasteiger partial charge is 0.268 e. The maximum Gasteiger partial charge on any atom is 0.268 e. The Morgan fingerprint density at radius 1 is 1.15 bits per heavy atom. The summed E-state index contributed by atoms with van der Waals surface area (Å²) in [4.78, 5) is 46.6. The third-order valence-corrected chi connectivity index (χ3v) is 8.17. The third kappa shape index (κ3) is 5.44. The number of ether oxygens (including phenoxy) is 1. The van der Waals surface area contributed by atoms with Crippen LogP contribution in [-0.4, -0.2) is 69.8 Å². The molecule has 2 amide bonds. The van der Waals surface area contributed by atoms with Gasteiger partial charge in [-0.15, -0.1) is 0 Å². The lowest BCUT2D eigenvalue weighted by atomic mass is 9.76. The van der Waals surface area contributed by atoms with E-state index in [1.54, 1.807) is 24.4 Å². The van der Waals surface area contributed by atoms with E-state index in [4.69, 9.17) is 10.5 Å². The number of nitrogens with zero attached hydrogens (tertiary/aromatic N) is 3. The Hall–Kier alpha value is -3.83. The third-order valence-electron chi connectivity index (χ3n) is 8.17. The SMILES string of the molecule is C[C@H]1CC[C@](NC(=O)c2c(O)c3cc(-c4ccc(F)cc4)cnc3n(CCN3CCOCC3)c2=O)(C(N)=O)CC1. The molecule has 212 valence electrons. The molecular weight excluding hydrogens is 517 g/mol. The largest absolute Gasteiger partial charge is 0.506 e. The first kappa shape index (κ1) is 27.7. The van der Waals surface area contributed by atoms with Crippen LogP contribution in [0.4, 0.5) is 4.39 Å². The molecule has 0 atom stereocenters. The van der Waals surface area contributed by atoms with Gasteiger partial charge < -0.3 is 20.9 Å². The number of halogens is 1. The Kier molecular flexibility index (Phi) is 7.86. The van der Waals surface area contributed by atoms with Crippen molar-refractivity contribution in [3.05, 3.63) is 58.3 Å². The van der Waals surface area contributed by atoms with Crippen LogP contribution in [0.1, 0.15) is 43.0 Å². The molecule has 2 aliphatic rings. The lowest BCUT2D eigenvalue weighted by Crippen LogP contribution is -2.59. The summed E-state index contributed by atoms with van der Waals surface area (Å²) in [7, 11) is 0. The number of aromatic nitrogens is 2. The van der Waals surface area contributed by atoms with Crippen LogP contribution in [0.25, 0.3) is 22.2 Å². The molecule has 2 aromatic heterocycles. The Morgan fingerprint density at radius 3 is 2.48 bits per heavy atom. The van der Waals surface area contributed by atoms with Gasteiger partial charge in [0.1, 0.15) is 28.3 Å². The normalized spacial score (nSPS) is 21.8. The fourth-order valence-electron chi connectivity index (χ4n) is 5.56. The predicted octanol–water partition coefficient (Wildman–Crippen LogP) is 2.40. The highest BCUT2D eigenvalue weighted by molar-refractivity contribution is 6.04. The van der Waals surface area contributed by atoms with Gasteiger partial charge in [-0.1, -0.05) is 19.1 Å². The van der Waals surface area contributed by atoms with E-state index in [2.05, 4.69) is 22.1 Å². The Morgan fingerprint density at radius 2 is 1.82 bits per heavy atom. The van der Waals surface area contributed by atoms with E-state index >= 15 is 0 Å². The van der Waals surface area contributed by atoms with E-state index in [0.29, 0.717) is 75.6 Å². The van der Waals surface area contributed by atoms with Crippen LogP contribution in [0.2, 0.25) is 0 Å². The van der Waals surface area contributed by atoms with Gasteiger partial charge in [0.25, 0.3) is 11.5 Å². The monoisotopic (exact) mass is 551 g/mol. The van der Waals surface area contributed by atoms with Crippen LogP contribution >= 0.6 is 0 Å². The molecule has 4 N–H and O–H groups in total. The van der Waals surface area contributed by atoms with E-state index in [1.165, 1.54) is 16.7 Å². The first-order valence-electron chi connectivity index (χ1n) is 13.6. The molecule has 0 radical (unpaired) electrons. The van der Waals surface area contributed by atoms with Crippen LogP contribution < -0.4 is 16.6 Å². The molecule has 1 aliphatic carbocycles. The van der Waals surface area contributed by atoms with Gasteiger partial charge in [-0.2, -0.15) is 0 Å². The summed E-state index contributed by atoms with van der Waals surface area (Å²) in [6.07, 6.45) is 3.64. The summed E-state index contributed by atoms with van der Waals surface area (Å²) in [6.45, 7) is 5.39. The number of rotatable bonds is 7. The number of nitrogens with two attached hydrogens (primary N) is 1. The van der Waals surface area contributed by atoms with Gasteiger partial charge in [0.05, 0.1) is 18.6 Å². The minimum Gasteiger partial charge on any atom is -0.506 e. The molecule has 11 heteroatoms. The highest BCUT2D eigenvalue weighted by Gasteiger charge is 2.42. The maximum absolute atomic E-state index is 13.8. The maximum atomic E-state index is 13.8. The van der Waals surface area contributed by atoms with E-state index in [-0.39, 0.29) is 17.6 Å². The highest BCUT2D eigenvalue weighted by Crippen LogP contribution is 2.34. The number of hydrogen-bond donors (Lipinski definition) is 3. The number of carbonyl (C=O) groups excluding carboxylic acids is 2. The van der Waals surface area contributed by atoms with Crippen LogP contribution in [0, 0.1) is 11.7 Å². The standard InChI is InChI=1S/C29H34FN5O5/c1-18-6-8-29(9-7-18,28(31)39)33-26(37)23-24(36)22-16-20(19-2-4-21(30)5-3-19)17-32-25(22)35(27(23)38)11-10-34-12-14-40-15-13-34/h2-5,16-18,36H,6-15H2,1H3,(H2,31,39)(H,33,37)/t18-,29+. The van der Waals surface area contributed by atoms with Crippen molar-refractivity contribution in [3.8, 4) is 16.9 Å². The highest BCUT2D eigenvalue weighted by atomic mass is 19.1. The number of pyridine rings is 2. The van der Waals surface area contributed by atoms with Crippen molar-refractivity contribution in [2.45, 2.75) is 44.7 Å². The average molecular weight is 552 g/mol. The van der Waals surface area contributed by atoms with E-state index < -0.39 is 40.0 Å². The topological polar surface area (TPSA) is 140 Å². The number of primary amides is 1. The number of morpholine rings is 1. The number of carbonyl (C=O) groups is 2. The number of benzene rings is 1. The zero-order valence-electron chi connectivity index (χ0n) is 22.5. The molecule has 5 rings (SSSR count). The lowest BCUT2D eigenvalue weighted by molar-refractivity contribution is -0.125. The number of nitrogens with one attached hydrogen (secondary N) is 1. The molecule has 10 nitrogen and oxygen atoms in total. The van der Waals surface area contributed by atoms with Crippen molar-refractivity contribution in [2.24, 2.45) is 11.7 Å². The fraction of sp³-hybridized carbons (Fsp3) is 0.448. The van der Waals surface area contributed by atoms with Crippen LogP contribution in [0.5, 0.6) is 5.75 Å². The van der Waals surface area contributed by atoms with Crippen molar-refractivity contribution < 1.29 is 23.8 Å². The minimum atomic E-state index is -1.30. The molecule has 1 saturated carbocycles. The minimum absolute atomic E-state index is 0.193. The first-order valence-corrected chi connectivity index (χ1v) is 13.6. The molecule has 0 spiro atoms. The van der Waals surface area contributed by atoms with Gasteiger partial charge in [-0.25, -0.2) is 9.37 Å². The second kappa shape index (κ2) is 11.3. The van der Waals surface area contributed by atoms with Crippen molar-refractivity contribution in [3.63, 3.8) is 0 Å². The quantitative estimate of drug-likeness (QED) is 0.410. The molecule has 3 aromatic rings. The molecular formula is C29H34FN5O5. The second-order valence-electron chi connectivity index (χ2n) is 10.8. The van der Waals surface area contributed by atoms with E-state index in [0.717, 1.165) is 0 Å². The Balaban J connectivity index is 1.59. The molecule has 1 aromatic carbocycles. The lowest BCUT2D eigenvalue weighted by Gasteiger charge is -2.37. The second-order valence-corrected chi connectivity index (χ2v) is 10.8. The molecule has 0 bridgehead atoms. The van der Waals surface area contributed by atoms with Crippen LogP contribution in [-0.2, 0) is 16.1 Å². The Bertz CT molecular complexity index is 1470. The van der Waals surface area contributed by atoms with Crippen molar-refractivity contribution >= 4 is 22.8 Å². The summed E-state index contributed by atoms with van der Waals surface area (Å²) in [5.41, 5.74) is 4.71. The zero-order chi connectivity index (χ0) is 28.4. The van der Waals surface area contributed by atoms with Gasteiger partial charge in [0.15, 0.2) is 0 Å². The molecule has 1 saturated heterocycles. The molecule has 1 aliphatic heterocycles. The van der Waals surface area contributed by atoms with E-state index in [1.807, 2.05) is 0 Å². The summed E-state index contributed by atoms with van der Waals surface area (Å²) >= 11 is 0. The molecule has 0 unspecified atom stereocenters. The van der Waals surface area contributed by atoms with Crippen LogP contribution in [0.15, 0.2) is 41.3 Å². The summed E-state index contributed by atoms with van der Waals surface area (Å²) < 4.78 is 20.3. The number of aromatic hydroxyl groups is 1. The average Bonchev–Trinajstić information content (AvgIpc) is 2.95. The molecule has 3 heterocycles. The van der Waals surface area contributed by atoms with Gasteiger partial charge in [-0.3, -0.25) is 23.9 Å². The summed E-state index contributed by atoms with van der Waals surface area (Å²) in [5, 5.41) is 14.3. The van der Waals surface area contributed by atoms with Gasteiger partial charge in [0.2, 0.25) is 5.91 Å². The first-order chi connectivity index (χ1) is 19.2. The van der Waals surface area contributed by atoms with E-state index in [9.17, 15) is 23.9 Å². The number of hydrogen-bond acceptors (Lipinski definition) is 7. The van der Waals surface area contributed by atoms with Crippen molar-refractivity contribution in [1.29, 1.82) is 0 Å². The number of amides is 2. The zero-order valence-corrected chi connectivity index (χ0v) is 22.5. The number of fused-ring (bicyclic) bond motifs is 1. The van der Waals surface area contributed by atoms with Gasteiger partial charge in [0, 0.05) is 37.9 Å². The fourth-order valence-corrected chi connectivity index (χ4v) is 5.56. The Labute approximate surface area is 230 Å². The van der Waals surface area contributed by atoms with Gasteiger partial charge in [-0.05, 0) is 55.4 Å². The van der Waals surface area contributed by atoms with Gasteiger partial charge >= 0.3 is 0 Å².